The Hall–Kier alpha value is -5.16. The number of halogens is 1. The first-order valence-electron chi connectivity index (χ1n) is 12.0. The van der Waals surface area contributed by atoms with Crippen LogP contribution in [0.2, 0.25) is 0 Å². The molecule has 6 rings (SSSR count). The highest BCUT2D eigenvalue weighted by Gasteiger charge is 2.41. The van der Waals surface area contributed by atoms with E-state index in [4.69, 9.17) is 0 Å². The molecule has 4 aromatic heterocycles. The Bertz CT molecular complexity index is 1750. The number of anilines is 1. The fourth-order valence-corrected chi connectivity index (χ4v) is 5.07. The predicted octanol–water partition coefficient (Wildman–Crippen LogP) is 3.80. The molecule has 1 aliphatic rings. The molecular weight excluding hydrogens is 483 g/mol. The smallest absolute Gasteiger partial charge is 0.173 e. The minimum Gasteiger partial charge on any atom is -0.368 e. The molecule has 0 saturated carbocycles. The number of piperidine rings is 1. The molecule has 0 radical (unpaired) electrons. The average Bonchev–Trinajstić information content (AvgIpc) is 3.59. The maximum absolute atomic E-state index is 15.8. The van der Waals surface area contributed by atoms with Crippen molar-refractivity contribution in [2.75, 3.05) is 18.0 Å². The third-order valence-electron chi connectivity index (χ3n) is 7.00. The number of pyridine rings is 1. The standard InChI is InChI=1S/C27H21FN10/c1-36-17-32-34-26(36)27(28)9-12-37(13-10-27)25-19(15-30)8-11-31-24(25)21-16-33-38-23(21)7-6-22(35-38)20-5-3-2-4-18(20)14-29/h2-8,11,16-17H,9-10,12-13H2,1H3. The van der Waals surface area contributed by atoms with Gasteiger partial charge in [0.25, 0.3) is 0 Å². The van der Waals surface area contributed by atoms with Crippen LogP contribution in [0.5, 0.6) is 0 Å². The number of alkyl halides is 1. The first-order chi connectivity index (χ1) is 18.5. The van der Waals surface area contributed by atoms with Crippen molar-refractivity contribution in [3.8, 4) is 34.7 Å². The van der Waals surface area contributed by atoms with Gasteiger partial charge in [-0.2, -0.15) is 20.3 Å². The van der Waals surface area contributed by atoms with Gasteiger partial charge in [-0.15, -0.1) is 15.3 Å². The zero-order chi connectivity index (χ0) is 26.3. The number of hydrogen-bond donors (Lipinski definition) is 0. The normalized spacial score (nSPS) is 14.8. The first kappa shape index (κ1) is 23.3. The van der Waals surface area contributed by atoms with Crippen LogP contribution in [0.15, 0.2) is 61.2 Å². The van der Waals surface area contributed by atoms with Crippen molar-refractivity contribution >= 4 is 11.2 Å². The van der Waals surface area contributed by atoms with E-state index in [1.807, 2.05) is 35.2 Å². The molecule has 0 unspecified atom stereocenters. The molecular formula is C27H21FN10. The Balaban J connectivity index is 1.38. The van der Waals surface area contributed by atoms with E-state index < -0.39 is 5.67 Å². The zero-order valence-electron chi connectivity index (χ0n) is 20.5. The lowest BCUT2D eigenvalue weighted by atomic mass is 9.91. The van der Waals surface area contributed by atoms with Gasteiger partial charge in [-0.05, 0) is 24.3 Å². The van der Waals surface area contributed by atoms with E-state index in [1.165, 1.54) is 11.0 Å². The lowest BCUT2D eigenvalue weighted by molar-refractivity contribution is 0.109. The van der Waals surface area contributed by atoms with Crippen molar-refractivity contribution in [2.45, 2.75) is 18.5 Å². The number of rotatable bonds is 4. The molecule has 1 aliphatic heterocycles. The Morgan fingerprint density at radius 1 is 0.974 bits per heavy atom. The van der Waals surface area contributed by atoms with Gasteiger partial charge in [-0.1, -0.05) is 18.2 Å². The molecule has 0 spiro atoms. The van der Waals surface area contributed by atoms with E-state index in [9.17, 15) is 10.5 Å². The summed E-state index contributed by atoms with van der Waals surface area (Å²) >= 11 is 0. The lowest BCUT2D eigenvalue weighted by Crippen LogP contribution is -2.42. The fourth-order valence-electron chi connectivity index (χ4n) is 5.07. The van der Waals surface area contributed by atoms with E-state index in [-0.39, 0.29) is 12.8 Å². The molecule has 5 heterocycles. The zero-order valence-corrected chi connectivity index (χ0v) is 20.5. The fraction of sp³-hybridized carbons (Fsp3) is 0.222. The van der Waals surface area contributed by atoms with Gasteiger partial charge in [-0.25, -0.2) is 4.39 Å². The van der Waals surface area contributed by atoms with Gasteiger partial charge in [0.1, 0.15) is 12.4 Å². The Morgan fingerprint density at radius 3 is 2.50 bits per heavy atom. The summed E-state index contributed by atoms with van der Waals surface area (Å²) in [5.41, 5.74) is 3.33. The molecule has 0 amide bonds. The van der Waals surface area contributed by atoms with Gasteiger partial charge >= 0.3 is 0 Å². The minimum absolute atomic E-state index is 0.205. The number of aryl methyl sites for hydroxylation is 1. The number of hydrogen-bond acceptors (Lipinski definition) is 8. The molecule has 1 saturated heterocycles. The monoisotopic (exact) mass is 504 g/mol. The van der Waals surface area contributed by atoms with Crippen LogP contribution in [0.4, 0.5) is 10.1 Å². The van der Waals surface area contributed by atoms with Crippen LogP contribution in [0, 0.1) is 22.7 Å². The van der Waals surface area contributed by atoms with Crippen LogP contribution < -0.4 is 4.90 Å². The summed E-state index contributed by atoms with van der Waals surface area (Å²) in [7, 11) is 1.74. The van der Waals surface area contributed by atoms with E-state index in [0.717, 1.165) is 0 Å². The van der Waals surface area contributed by atoms with Crippen molar-refractivity contribution in [3.05, 3.63) is 78.1 Å². The van der Waals surface area contributed by atoms with Crippen molar-refractivity contribution in [1.82, 2.24) is 34.6 Å². The van der Waals surface area contributed by atoms with Gasteiger partial charge in [-0.3, -0.25) is 4.98 Å². The molecule has 0 N–H and O–H groups in total. The van der Waals surface area contributed by atoms with Crippen molar-refractivity contribution < 1.29 is 4.39 Å². The third-order valence-corrected chi connectivity index (χ3v) is 7.00. The molecule has 1 fully saturated rings. The topological polar surface area (TPSA) is 125 Å². The molecule has 1 aromatic carbocycles. The van der Waals surface area contributed by atoms with Crippen LogP contribution in [0.25, 0.3) is 28.0 Å². The summed E-state index contributed by atoms with van der Waals surface area (Å²) in [4.78, 5) is 6.63. The van der Waals surface area contributed by atoms with Crippen LogP contribution in [-0.4, -0.2) is 47.7 Å². The Labute approximate surface area is 217 Å². The number of nitrogens with zero attached hydrogens (tertiary/aromatic N) is 10. The summed E-state index contributed by atoms with van der Waals surface area (Å²) < 4.78 is 18.9. The van der Waals surface area contributed by atoms with Crippen LogP contribution in [0.1, 0.15) is 29.8 Å². The van der Waals surface area contributed by atoms with Gasteiger partial charge in [0.15, 0.2) is 11.5 Å². The lowest BCUT2D eigenvalue weighted by Gasteiger charge is -2.37. The van der Waals surface area contributed by atoms with Crippen LogP contribution in [0.3, 0.4) is 0 Å². The SMILES string of the molecule is Cn1cnnc1C1(F)CCN(c2c(C#N)ccnc2-c2cnn3nc(-c4ccccc4C#N)ccc23)CC1. The quantitative estimate of drug-likeness (QED) is 0.362. The Morgan fingerprint density at radius 2 is 1.76 bits per heavy atom. The summed E-state index contributed by atoms with van der Waals surface area (Å²) in [5.74, 6) is 0.312. The summed E-state index contributed by atoms with van der Waals surface area (Å²) in [5, 5.41) is 36.3. The molecule has 0 atom stereocenters. The number of aromatic nitrogens is 7. The molecule has 11 heteroatoms. The van der Waals surface area contributed by atoms with E-state index in [1.54, 1.807) is 36.1 Å². The van der Waals surface area contributed by atoms with Gasteiger partial charge < -0.3 is 9.47 Å². The molecule has 10 nitrogen and oxygen atoms in total. The highest BCUT2D eigenvalue weighted by Crippen LogP contribution is 2.41. The van der Waals surface area contributed by atoms with Crippen LogP contribution >= 0.6 is 0 Å². The predicted molar refractivity (Wildman–Crippen MR) is 136 cm³/mol. The molecule has 0 bridgehead atoms. The number of benzene rings is 1. The van der Waals surface area contributed by atoms with Crippen molar-refractivity contribution in [1.29, 1.82) is 10.5 Å². The van der Waals surface area contributed by atoms with Crippen molar-refractivity contribution in [2.24, 2.45) is 7.05 Å². The Kier molecular flexibility index (Phi) is 5.54. The first-order valence-corrected chi connectivity index (χ1v) is 12.0. The van der Waals surface area contributed by atoms with Crippen LogP contribution in [-0.2, 0) is 12.7 Å². The summed E-state index contributed by atoms with van der Waals surface area (Å²) in [6, 6.07) is 17.1. The molecule has 38 heavy (non-hydrogen) atoms. The summed E-state index contributed by atoms with van der Waals surface area (Å²) in [6.07, 6.45) is 5.17. The highest BCUT2D eigenvalue weighted by molar-refractivity contribution is 5.88. The maximum Gasteiger partial charge on any atom is 0.173 e. The van der Waals surface area contributed by atoms with Gasteiger partial charge in [0.05, 0.1) is 51.5 Å². The number of fused-ring (bicyclic) bond motifs is 1. The summed E-state index contributed by atoms with van der Waals surface area (Å²) in [6.45, 7) is 0.757. The number of nitriles is 2. The second-order valence-electron chi connectivity index (χ2n) is 9.19. The molecule has 186 valence electrons. The van der Waals surface area contributed by atoms with Gasteiger partial charge in [0, 0.05) is 44.7 Å². The average molecular weight is 505 g/mol. The second-order valence-corrected chi connectivity index (χ2v) is 9.19. The molecule has 0 aliphatic carbocycles. The minimum atomic E-state index is -1.60. The van der Waals surface area contributed by atoms with Crippen molar-refractivity contribution in [3.63, 3.8) is 0 Å². The maximum atomic E-state index is 15.8. The second kappa shape index (κ2) is 9.05. The van der Waals surface area contributed by atoms with E-state index >= 15 is 4.39 Å². The third kappa shape index (κ3) is 3.73. The molecule has 5 aromatic rings. The van der Waals surface area contributed by atoms with Gasteiger partial charge in [0.2, 0.25) is 0 Å². The highest BCUT2D eigenvalue weighted by atomic mass is 19.1. The van der Waals surface area contributed by atoms with E-state index in [2.05, 4.69) is 37.5 Å². The largest absolute Gasteiger partial charge is 0.368 e. The van der Waals surface area contributed by atoms with E-state index in [0.29, 0.717) is 63.8 Å².